The number of hydrogen-bond acceptors (Lipinski definition) is 3. The van der Waals surface area contributed by atoms with Gasteiger partial charge < -0.3 is 10.2 Å². The molecule has 1 fully saturated rings. The van der Waals surface area contributed by atoms with Gasteiger partial charge in [-0.2, -0.15) is 0 Å². The number of carbonyl (C=O) groups is 2. The summed E-state index contributed by atoms with van der Waals surface area (Å²) in [5, 5.41) is 3.87. The van der Waals surface area contributed by atoms with Crippen molar-refractivity contribution in [1.29, 1.82) is 0 Å². The predicted octanol–water partition coefficient (Wildman–Crippen LogP) is 6.27. The quantitative estimate of drug-likeness (QED) is 0.324. The Morgan fingerprint density at radius 1 is 0.889 bits per heavy atom. The van der Waals surface area contributed by atoms with Crippen LogP contribution in [-0.4, -0.2) is 34.6 Å². The van der Waals surface area contributed by atoms with Gasteiger partial charge in [0, 0.05) is 29.8 Å². The summed E-state index contributed by atoms with van der Waals surface area (Å²) in [4.78, 5) is 29.1. The van der Waals surface area contributed by atoms with Crippen LogP contribution in [0.15, 0.2) is 84.9 Å². The van der Waals surface area contributed by atoms with E-state index < -0.39 is 6.04 Å². The number of amides is 2. The van der Waals surface area contributed by atoms with Crippen molar-refractivity contribution in [3.63, 3.8) is 0 Å². The Morgan fingerprint density at radius 2 is 1.53 bits per heavy atom. The summed E-state index contributed by atoms with van der Waals surface area (Å²) in [6, 6.07) is 27.2. The molecule has 0 spiro atoms. The van der Waals surface area contributed by atoms with E-state index in [0.29, 0.717) is 23.7 Å². The van der Waals surface area contributed by atoms with E-state index in [2.05, 4.69) is 17.4 Å². The molecule has 1 aliphatic carbocycles. The van der Waals surface area contributed by atoms with Gasteiger partial charge in [-0.3, -0.25) is 9.59 Å². The number of carbonyl (C=O) groups excluding carboxylic acids is 2. The second kappa shape index (κ2) is 13.5. The Hall–Kier alpha value is -2.76. The Balaban J connectivity index is 1.56. The molecule has 6 heteroatoms. The van der Waals surface area contributed by atoms with Gasteiger partial charge in [0.15, 0.2) is 0 Å². The van der Waals surface area contributed by atoms with Gasteiger partial charge in [0.25, 0.3) is 0 Å². The van der Waals surface area contributed by atoms with Gasteiger partial charge in [-0.25, -0.2) is 0 Å². The van der Waals surface area contributed by atoms with E-state index in [4.69, 9.17) is 11.6 Å². The highest BCUT2D eigenvalue weighted by atomic mass is 35.5. The van der Waals surface area contributed by atoms with E-state index in [1.165, 1.54) is 5.56 Å². The van der Waals surface area contributed by atoms with Crippen LogP contribution < -0.4 is 5.32 Å². The van der Waals surface area contributed by atoms with Crippen molar-refractivity contribution in [1.82, 2.24) is 10.2 Å². The molecular formula is C30H33ClN2O2S. The molecule has 0 unspecified atom stereocenters. The van der Waals surface area contributed by atoms with Crippen molar-refractivity contribution in [2.24, 2.45) is 0 Å². The van der Waals surface area contributed by atoms with E-state index in [1.807, 2.05) is 72.8 Å². The lowest BCUT2D eigenvalue weighted by molar-refractivity contribution is -0.139. The monoisotopic (exact) mass is 520 g/mol. The molecule has 0 aliphatic heterocycles. The molecule has 36 heavy (non-hydrogen) atoms. The van der Waals surface area contributed by atoms with Crippen LogP contribution in [0.3, 0.4) is 0 Å². The van der Waals surface area contributed by atoms with Crippen LogP contribution in [-0.2, 0) is 28.3 Å². The minimum absolute atomic E-state index is 0.0431. The van der Waals surface area contributed by atoms with Crippen molar-refractivity contribution in [3.05, 3.63) is 107 Å². The van der Waals surface area contributed by atoms with Gasteiger partial charge in [0.05, 0.1) is 5.75 Å². The molecule has 1 aliphatic rings. The lowest BCUT2D eigenvalue weighted by Gasteiger charge is -2.32. The zero-order valence-corrected chi connectivity index (χ0v) is 22.0. The van der Waals surface area contributed by atoms with E-state index in [1.54, 1.807) is 16.7 Å². The molecule has 2 amide bonds. The molecule has 1 atom stereocenters. The topological polar surface area (TPSA) is 49.4 Å². The summed E-state index contributed by atoms with van der Waals surface area (Å²) in [6.45, 7) is 0.334. The standard InChI is InChI=1S/C30H33ClN2O2S/c31-26-15-9-14-25(18-26)20-33(29(34)22-36-21-24-12-5-2-6-13-24)28(19-23-10-3-1-4-11-23)30(35)32-27-16-7-8-17-27/h1-6,9-15,18,27-28H,7-8,16-17,19-22H2,(H,32,35)/t28-/m1/s1. The van der Waals surface area contributed by atoms with Crippen LogP contribution in [0, 0.1) is 0 Å². The highest BCUT2D eigenvalue weighted by Crippen LogP contribution is 2.22. The van der Waals surface area contributed by atoms with Crippen molar-refractivity contribution in [2.75, 3.05) is 5.75 Å². The second-order valence-electron chi connectivity index (χ2n) is 9.33. The highest BCUT2D eigenvalue weighted by molar-refractivity contribution is 7.99. The van der Waals surface area contributed by atoms with Crippen LogP contribution in [0.5, 0.6) is 0 Å². The zero-order valence-electron chi connectivity index (χ0n) is 20.4. The molecule has 4 nitrogen and oxygen atoms in total. The first-order chi connectivity index (χ1) is 17.6. The van der Waals surface area contributed by atoms with E-state index in [-0.39, 0.29) is 17.9 Å². The average molecular weight is 521 g/mol. The van der Waals surface area contributed by atoms with Crippen molar-refractivity contribution in [3.8, 4) is 0 Å². The molecule has 0 aromatic heterocycles. The summed E-state index contributed by atoms with van der Waals surface area (Å²) < 4.78 is 0. The summed E-state index contributed by atoms with van der Waals surface area (Å²) in [5.74, 6) is 0.930. The number of thioether (sulfide) groups is 1. The van der Waals surface area contributed by atoms with E-state index in [9.17, 15) is 9.59 Å². The molecule has 0 radical (unpaired) electrons. The van der Waals surface area contributed by atoms with Gasteiger partial charge in [0.1, 0.15) is 6.04 Å². The minimum atomic E-state index is -0.600. The number of benzene rings is 3. The van der Waals surface area contributed by atoms with Crippen LogP contribution in [0.25, 0.3) is 0 Å². The summed E-state index contributed by atoms with van der Waals surface area (Å²) >= 11 is 7.83. The van der Waals surface area contributed by atoms with E-state index in [0.717, 1.165) is 42.6 Å². The molecule has 0 bridgehead atoms. The molecule has 0 heterocycles. The minimum Gasteiger partial charge on any atom is -0.352 e. The molecule has 4 rings (SSSR count). The largest absolute Gasteiger partial charge is 0.352 e. The Labute approximate surface area is 223 Å². The third-order valence-electron chi connectivity index (χ3n) is 6.55. The number of hydrogen-bond donors (Lipinski definition) is 1. The van der Waals surface area contributed by atoms with Crippen LogP contribution in [0.4, 0.5) is 0 Å². The average Bonchev–Trinajstić information content (AvgIpc) is 3.40. The van der Waals surface area contributed by atoms with Gasteiger partial charge in [-0.15, -0.1) is 11.8 Å². The lowest BCUT2D eigenvalue weighted by Crippen LogP contribution is -2.52. The van der Waals surface area contributed by atoms with Gasteiger partial charge in [-0.1, -0.05) is 97.2 Å². The second-order valence-corrected chi connectivity index (χ2v) is 10.7. The van der Waals surface area contributed by atoms with Gasteiger partial charge >= 0.3 is 0 Å². The molecule has 1 saturated carbocycles. The predicted molar refractivity (Wildman–Crippen MR) is 149 cm³/mol. The molecule has 3 aromatic carbocycles. The molecule has 1 N–H and O–H groups in total. The lowest BCUT2D eigenvalue weighted by atomic mass is 10.0. The fourth-order valence-corrected chi connectivity index (χ4v) is 5.75. The Morgan fingerprint density at radius 3 is 2.19 bits per heavy atom. The Bertz CT molecular complexity index is 1120. The first-order valence-electron chi connectivity index (χ1n) is 12.6. The number of nitrogens with one attached hydrogen (secondary N) is 1. The zero-order chi connectivity index (χ0) is 25.2. The van der Waals surface area contributed by atoms with Crippen molar-refractivity contribution < 1.29 is 9.59 Å². The summed E-state index contributed by atoms with van der Waals surface area (Å²) in [5.41, 5.74) is 3.12. The summed E-state index contributed by atoms with van der Waals surface area (Å²) in [7, 11) is 0. The summed E-state index contributed by atoms with van der Waals surface area (Å²) in [6.07, 6.45) is 4.73. The van der Waals surface area contributed by atoms with Crippen LogP contribution in [0.1, 0.15) is 42.4 Å². The maximum atomic E-state index is 13.7. The smallest absolute Gasteiger partial charge is 0.243 e. The third kappa shape index (κ3) is 7.87. The van der Waals surface area contributed by atoms with Crippen LogP contribution in [0.2, 0.25) is 5.02 Å². The fraction of sp³-hybridized carbons (Fsp3) is 0.333. The normalized spacial score (nSPS) is 14.4. The first-order valence-corrected chi connectivity index (χ1v) is 14.1. The molecule has 188 valence electrons. The van der Waals surface area contributed by atoms with Crippen molar-refractivity contribution in [2.45, 2.75) is 56.5 Å². The van der Waals surface area contributed by atoms with E-state index >= 15 is 0 Å². The first kappa shape index (κ1) is 26.3. The maximum Gasteiger partial charge on any atom is 0.243 e. The number of halogens is 1. The fourth-order valence-electron chi connectivity index (χ4n) is 4.67. The maximum absolute atomic E-state index is 13.7. The molecule has 3 aromatic rings. The SMILES string of the molecule is O=C(NC1CCCC1)[C@@H](Cc1ccccc1)N(Cc1cccc(Cl)c1)C(=O)CSCc1ccccc1. The highest BCUT2D eigenvalue weighted by Gasteiger charge is 2.32. The number of rotatable bonds is 11. The third-order valence-corrected chi connectivity index (χ3v) is 7.78. The van der Waals surface area contributed by atoms with Gasteiger partial charge in [-0.05, 0) is 41.7 Å². The molecule has 0 saturated heterocycles. The Kier molecular flexibility index (Phi) is 9.88. The van der Waals surface area contributed by atoms with Gasteiger partial charge in [0.2, 0.25) is 11.8 Å². The number of nitrogens with zero attached hydrogens (tertiary/aromatic N) is 1. The van der Waals surface area contributed by atoms with Crippen molar-refractivity contribution >= 4 is 35.2 Å². The van der Waals surface area contributed by atoms with Crippen LogP contribution >= 0.6 is 23.4 Å². The molecular weight excluding hydrogens is 488 g/mol.